The van der Waals surface area contributed by atoms with Gasteiger partial charge >= 0.3 is 0 Å². The Balaban J connectivity index is 1.63. The minimum atomic E-state index is -0.936. The van der Waals surface area contributed by atoms with E-state index in [0.29, 0.717) is 60.3 Å². The Morgan fingerprint density at radius 2 is 1.80 bits per heavy atom. The maximum atomic E-state index is 14.2. The number of quaternary nitrogens is 1. The van der Waals surface area contributed by atoms with Crippen molar-refractivity contribution in [3.05, 3.63) is 59.1 Å². The van der Waals surface area contributed by atoms with Crippen LogP contribution in [-0.4, -0.2) is 86.7 Å². The number of ether oxygens (including phenoxy) is 4. The van der Waals surface area contributed by atoms with Crippen molar-refractivity contribution in [2.75, 3.05) is 60.7 Å². The number of carbonyl (C=O) groups excluding carboxylic acids is 2. The number of carbonyl (C=O) groups is 2. The molecule has 11 nitrogen and oxygen atoms in total. The Morgan fingerprint density at radius 1 is 1.10 bits per heavy atom. The van der Waals surface area contributed by atoms with Gasteiger partial charge in [-0.1, -0.05) is 11.8 Å². The Hall–Kier alpha value is -4.09. The van der Waals surface area contributed by atoms with Crippen LogP contribution in [0.15, 0.2) is 42.1 Å². The SMILES string of the molecule is COc1cc(C2C(=C([O-])c3c(C)nc4ccccn34)C(=O)C(=O)N2CCC[NH+]2CCOCC2)cc(OC)c1OC. The first-order valence-electron chi connectivity index (χ1n) is 13.3. The standard InChI is InChI=1S/C29H34N4O7/c1-18-24(32-10-6-5-8-22(32)30-18)26(34)23-25(19-16-20(37-2)28(39-4)21(17-19)38-3)33(29(36)27(23)35)11-7-9-31-12-14-40-15-13-31/h5-6,8,10,16-17,25,34H,7,9,11-15H2,1-4H3. The van der Waals surface area contributed by atoms with Crippen LogP contribution in [0.3, 0.4) is 0 Å². The maximum absolute atomic E-state index is 14.2. The van der Waals surface area contributed by atoms with Gasteiger partial charge in [-0.05, 0) is 36.8 Å². The maximum Gasteiger partial charge on any atom is 0.295 e. The van der Waals surface area contributed by atoms with Gasteiger partial charge in [0.1, 0.15) is 18.7 Å². The van der Waals surface area contributed by atoms with Crippen LogP contribution in [0.5, 0.6) is 17.2 Å². The molecule has 1 atom stereocenters. The third-order valence-electron chi connectivity index (χ3n) is 7.58. The lowest BCUT2D eigenvalue weighted by Gasteiger charge is -2.29. The van der Waals surface area contributed by atoms with E-state index < -0.39 is 23.5 Å². The summed E-state index contributed by atoms with van der Waals surface area (Å²) in [6.45, 7) is 6.04. The number of aryl methyl sites for hydroxylation is 1. The summed E-state index contributed by atoms with van der Waals surface area (Å²) in [7, 11) is 4.48. The molecule has 1 N–H and O–H groups in total. The zero-order valence-electron chi connectivity index (χ0n) is 23.2. The Bertz CT molecular complexity index is 1430. The summed E-state index contributed by atoms with van der Waals surface area (Å²) in [6, 6.07) is 7.83. The molecule has 5 rings (SSSR count). The number of hydrogen-bond donors (Lipinski definition) is 1. The summed E-state index contributed by atoms with van der Waals surface area (Å²) in [5, 5.41) is 14.2. The highest BCUT2D eigenvalue weighted by atomic mass is 16.5. The topological polar surface area (TPSA) is 119 Å². The minimum Gasteiger partial charge on any atom is -0.871 e. The lowest BCUT2D eigenvalue weighted by atomic mass is 9.95. The molecular weight excluding hydrogens is 516 g/mol. The van der Waals surface area contributed by atoms with Crippen molar-refractivity contribution in [2.45, 2.75) is 19.4 Å². The number of benzene rings is 1. The second kappa shape index (κ2) is 11.6. The number of nitrogens with zero attached hydrogens (tertiary/aromatic N) is 3. The van der Waals surface area contributed by atoms with E-state index in [9.17, 15) is 14.7 Å². The van der Waals surface area contributed by atoms with Gasteiger partial charge in [-0.15, -0.1) is 0 Å². The fraction of sp³-hybridized carbons (Fsp3) is 0.414. The molecule has 4 heterocycles. The number of imidazole rings is 1. The summed E-state index contributed by atoms with van der Waals surface area (Å²) >= 11 is 0. The normalized spacial score (nSPS) is 19.4. The number of hydrogen-bond acceptors (Lipinski definition) is 8. The van der Waals surface area contributed by atoms with Gasteiger partial charge in [0.05, 0.1) is 58.5 Å². The van der Waals surface area contributed by atoms with E-state index in [1.54, 1.807) is 41.8 Å². The van der Waals surface area contributed by atoms with Crippen LogP contribution in [0.4, 0.5) is 0 Å². The molecule has 40 heavy (non-hydrogen) atoms. The van der Waals surface area contributed by atoms with Gasteiger partial charge in [-0.25, -0.2) is 4.98 Å². The van der Waals surface area contributed by atoms with E-state index in [1.807, 2.05) is 6.07 Å². The third kappa shape index (κ3) is 4.86. The summed E-state index contributed by atoms with van der Waals surface area (Å²) in [6.07, 6.45) is 2.38. The van der Waals surface area contributed by atoms with Gasteiger partial charge in [0.25, 0.3) is 5.91 Å². The molecule has 1 unspecified atom stereocenters. The summed E-state index contributed by atoms with van der Waals surface area (Å²) in [5.41, 5.74) is 1.70. The van der Waals surface area contributed by atoms with Crippen molar-refractivity contribution in [3.63, 3.8) is 0 Å². The first-order valence-corrected chi connectivity index (χ1v) is 13.3. The van der Waals surface area contributed by atoms with E-state index in [0.717, 1.165) is 19.6 Å². The zero-order valence-corrected chi connectivity index (χ0v) is 23.2. The molecule has 1 amide bonds. The van der Waals surface area contributed by atoms with E-state index in [2.05, 4.69) is 4.98 Å². The minimum absolute atomic E-state index is 0.119. The van der Waals surface area contributed by atoms with Gasteiger partial charge in [0, 0.05) is 24.7 Å². The molecule has 2 aliphatic heterocycles. The van der Waals surface area contributed by atoms with E-state index in [1.165, 1.54) is 31.1 Å². The lowest BCUT2D eigenvalue weighted by molar-refractivity contribution is -0.908. The molecule has 0 saturated carbocycles. The number of morpholine rings is 1. The molecule has 2 aliphatic rings. The summed E-state index contributed by atoms with van der Waals surface area (Å²) in [4.78, 5) is 34.5. The van der Waals surface area contributed by atoms with E-state index >= 15 is 0 Å². The Morgan fingerprint density at radius 3 is 2.45 bits per heavy atom. The van der Waals surface area contributed by atoms with Crippen molar-refractivity contribution in [1.82, 2.24) is 14.3 Å². The van der Waals surface area contributed by atoms with Crippen LogP contribution in [0.1, 0.15) is 29.4 Å². The highest BCUT2D eigenvalue weighted by Gasteiger charge is 2.45. The molecule has 2 aromatic heterocycles. The van der Waals surface area contributed by atoms with Crippen LogP contribution in [0.2, 0.25) is 0 Å². The molecule has 0 radical (unpaired) electrons. The van der Waals surface area contributed by atoms with Crippen molar-refractivity contribution >= 4 is 23.1 Å². The highest BCUT2D eigenvalue weighted by Crippen LogP contribution is 2.45. The molecular formula is C29H34N4O7. The monoisotopic (exact) mass is 550 g/mol. The molecule has 3 aromatic rings. The van der Waals surface area contributed by atoms with Crippen molar-refractivity contribution in [1.29, 1.82) is 0 Å². The molecule has 1 aromatic carbocycles. The summed E-state index contributed by atoms with van der Waals surface area (Å²) < 4.78 is 23.7. The summed E-state index contributed by atoms with van der Waals surface area (Å²) in [5.74, 6) is -0.955. The number of methoxy groups -OCH3 is 3. The first-order chi connectivity index (χ1) is 19.4. The van der Waals surface area contributed by atoms with Crippen molar-refractivity contribution in [3.8, 4) is 17.2 Å². The average molecular weight is 551 g/mol. The number of pyridine rings is 1. The molecule has 11 heteroatoms. The van der Waals surface area contributed by atoms with Crippen LogP contribution in [0.25, 0.3) is 11.4 Å². The van der Waals surface area contributed by atoms with Crippen molar-refractivity contribution in [2.24, 2.45) is 0 Å². The number of amides is 1. The predicted molar refractivity (Wildman–Crippen MR) is 143 cm³/mol. The van der Waals surface area contributed by atoms with Crippen LogP contribution >= 0.6 is 0 Å². The number of Topliss-reactive ketones (excluding diaryl/α,β-unsaturated/α-hetero) is 1. The highest BCUT2D eigenvalue weighted by molar-refractivity contribution is 6.46. The van der Waals surface area contributed by atoms with Gasteiger partial charge in [0.15, 0.2) is 11.5 Å². The third-order valence-corrected chi connectivity index (χ3v) is 7.58. The lowest BCUT2D eigenvalue weighted by Crippen LogP contribution is -3.14. The van der Waals surface area contributed by atoms with Crippen molar-refractivity contribution < 1.29 is 38.5 Å². The molecule has 0 spiro atoms. The zero-order chi connectivity index (χ0) is 28.4. The number of ketones is 1. The number of rotatable bonds is 9. The smallest absolute Gasteiger partial charge is 0.295 e. The first kappa shape index (κ1) is 27.5. The molecule has 212 valence electrons. The van der Waals surface area contributed by atoms with Crippen LogP contribution in [0, 0.1) is 6.92 Å². The average Bonchev–Trinajstić information content (AvgIpc) is 3.44. The molecule has 2 fully saturated rings. The van der Waals surface area contributed by atoms with E-state index in [4.69, 9.17) is 18.9 Å². The van der Waals surface area contributed by atoms with Gasteiger partial charge in [-0.2, -0.15) is 0 Å². The van der Waals surface area contributed by atoms with Crippen LogP contribution in [-0.2, 0) is 14.3 Å². The number of likely N-dealkylation sites (tertiary alicyclic amines) is 1. The number of fused-ring (bicyclic) bond motifs is 1. The fourth-order valence-electron chi connectivity index (χ4n) is 5.63. The largest absolute Gasteiger partial charge is 0.871 e. The second-order valence-corrected chi connectivity index (χ2v) is 9.87. The molecule has 0 bridgehead atoms. The number of nitrogens with one attached hydrogen (secondary N) is 1. The van der Waals surface area contributed by atoms with Crippen LogP contribution < -0.4 is 24.2 Å². The second-order valence-electron chi connectivity index (χ2n) is 9.87. The molecule has 2 saturated heterocycles. The Labute approximate surface area is 232 Å². The molecule has 0 aliphatic carbocycles. The quantitative estimate of drug-likeness (QED) is 0.228. The fourth-order valence-corrected chi connectivity index (χ4v) is 5.63. The van der Waals surface area contributed by atoms with E-state index in [-0.39, 0.29) is 11.3 Å². The number of aromatic nitrogens is 2. The van der Waals surface area contributed by atoms with Gasteiger partial charge < -0.3 is 38.3 Å². The van der Waals surface area contributed by atoms with Gasteiger partial charge in [-0.3, -0.25) is 9.59 Å². The van der Waals surface area contributed by atoms with Gasteiger partial charge in [0.2, 0.25) is 11.5 Å². The predicted octanol–water partition coefficient (Wildman–Crippen LogP) is 0.198. The Kier molecular flexibility index (Phi) is 7.95.